The highest BCUT2D eigenvalue weighted by atomic mass is 16.2. The van der Waals surface area contributed by atoms with Crippen LogP contribution in [0.4, 0.5) is 5.82 Å². The maximum atomic E-state index is 13.1. The predicted molar refractivity (Wildman–Crippen MR) is 138 cm³/mol. The van der Waals surface area contributed by atoms with Gasteiger partial charge in [0.2, 0.25) is 11.8 Å². The van der Waals surface area contributed by atoms with E-state index in [1.54, 1.807) is 9.58 Å². The summed E-state index contributed by atoms with van der Waals surface area (Å²) < 4.78 is 1.77. The van der Waals surface area contributed by atoms with Gasteiger partial charge in [-0.05, 0) is 37.3 Å². The lowest BCUT2D eigenvalue weighted by atomic mass is 9.91. The monoisotopic (exact) mass is 460 g/mol. The Morgan fingerprint density at radius 3 is 2.35 bits per heavy atom. The van der Waals surface area contributed by atoms with Crippen LogP contribution in [0.5, 0.6) is 0 Å². The number of aromatic nitrogens is 2. The molecule has 0 bridgehead atoms. The van der Waals surface area contributed by atoms with Gasteiger partial charge in [-0.2, -0.15) is 5.10 Å². The third kappa shape index (κ3) is 6.56. The zero-order valence-electron chi connectivity index (χ0n) is 21.2. The Labute approximate surface area is 203 Å². The number of benzene rings is 2. The Hall–Kier alpha value is -3.41. The topological polar surface area (TPSA) is 67.2 Å². The van der Waals surface area contributed by atoms with Crippen LogP contribution >= 0.6 is 0 Å². The van der Waals surface area contributed by atoms with Crippen LogP contribution in [0.15, 0.2) is 54.6 Å². The third-order valence-electron chi connectivity index (χ3n) is 5.49. The first-order chi connectivity index (χ1) is 16.1. The lowest BCUT2D eigenvalue weighted by Gasteiger charge is -2.26. The van der Waals surface area contributed by atoms with Gasteiger partial charge in [0.1, 0.15) is 5.82 Å². The number of nitrogens with zero attached hydrogens (tertiary/aromatic N) is 3. The van der Waals surface area contributed by atoms with Crippen molar-refractivity contribution >= 4 is 17.6 Å². The first kappa shape index (κ1) is 25.2. The number of anilines is 1. The van der Waals surface area contributed by atoms with Gasteiger partial charge in [0.05, 0.1) is 17.9 Å². The molecule has 6 heteroatoms. The predicted octanol–water partition coefficient (Wildman–Crippen LogP) is 5.77. The summed E-state index contributed by atoms with van der Waals surface area (Å²) in [4.78, 5) is 27.6. The fourth-order valence-electron chi connectivity index (χ4n) is 3.93. The van der Waals surface area contributed by atoms with Crippen molar-refractivity contribution in [3.05, 3.63) is 65.7 Å². The second-order valence-electron chi connectivity index (χ2n) is 10.1. The molecule has 0 aliphatic carbocycles. The number of aryl methyl sites for hydroxylation is 2. The molecule has 3 aromatic rings. The second kappa shape index (κ2) is 10.7. The third-order valence-corrected chi connectivity index (χ3v) is 5.49. The maximum absolute atomic E-state index is 13.1. The van der Waals surface area contributed by atoms with Crippen LogP contribution in [-0.2, 0) is 9.59 Å². The molecular weight excluding hydrogens is 424 g/mol. The molecule has 0 radical (unpaired) electrons. The molecule has 0 unspecified atom stereocenters. The van der Waals surface area contributed by atoms with E-state index in [1.165, 1.54) is 0 Å². The number of rotatable bonds is 8. The van der Waals surface area contributed by atoms with Gasteiger partial charge in [0, 0.05) is 24.6 Å². The van der Waals surface area contributed by atoms with Crippen LogP contribution in [0, 0.1) is 19.3 Å². The molecule has 2 aromatic carbocycles. The summed E-state index contributed by atoms with van der Waals surface area (Å²) in [5, 5.41) is 7.83. The zero-order valence-corrected chi connectivity index (χ0v) is 21.2. The van der Waals surface area contributed by atoms with Gasteiger partial charge < -0.3 is 10.2 Å². The molecule has 0 fully saturated rings. The molecule has 3 rings (SSSR count). The smallest absolute Gasteiger partial charge is 0.245 e. The van der Waals surface area contributed by atoms with Gasteiger partial charge in [0.25, 0.3) is 0 Å². The normalized spacial score (nSPS) is 11.4. The average Bonchev–Trinajstić information content (AvgIpc) is 3.16. The molecule has 1 aromatic heterocycles. The van der Waals surface area contributed by atoms with E-state index >= 15 is 0 Å². The highest BCUT2D eigenvalue weighted by molar-refractivity contribution is 5.94. The van der Waals surface area contributed by atoms with E-state index in [-0.39, 0.29) is 23.8 Å². The molecule has 0 saturated carbocycles. The van der Waals surface area contributed by atoms with Gasteiger partial charge in [-0.15, -0.1) is 0 Å². The Balaban J connectivity index is 1.90. The quantitative estimate of drug-likeness (QED) is 0.464. The standard InChI is InChI=1S/C28H36N4O2/c1-7-15-31(27(34)18-28(4,5)6)19-26(33)29-25-17-23(22-11-9-8-10-12-22)30-32(25)24-14-13-20(2)16-21(24)3/h8-14,16-17H,7,15,18-19H2,1-6H3,(H,29,33). The minimum atomic E-state index is -0.235. The Kier molecular flexibility index (Phi) is 7.92. The molecule has 1 heterocycles. The number of amides is 2. The van der Waals surface area contributed by atoms with Crippen molar-refractivity contribution in [1.29, 1.82) is 0 Å². The fourth-order valence-corrected chi connectivity index (χ4v) is 3.93. The van der Waals surface area contributed by atoms with Crippen LogP contribution in [0.2, 0.25) is 0 Å². The number of hydrogen-bond donors (Lipinski definition) is 1. The van der Waals surface area contributed by atoms with Crippen LogP contribution in [0.25, 0.3) is 16.9 Å². The molecule has 180 valence electrons. The minimum absolute atomic E-state index is 0.00244. The van der Waals surface area contributed by atoms with E-state index in [2.05, 4.69) is 18.3 Å². The molecular formula is C28H36N4O2. The number of carbonyl (C=O) groups is 2. The van der Waals surface area contributed by atoms with E-state index in [1.807, 2.05) is 83.1 Å². The average molecular weight is 461 g/mol. The fraction of sp³-hybridized carbons (Fsp3) is 0.393. The summed E-state index contributed by atoms with van der Waals surface area (Å²) >= 11 is 0. The van der Waals surface area contributed by atoms with E-state index in [9.17, 15) is 9.59 Å². The van der Waals surface area contributed by atoms with Crippen molar-refractivity contribution in [1.82, 2.24) is 14.7 Å². The second-order valence-corrected chi connectivity index (χ2v) is 10.1. The molecule has 0 saturated heterocycles. The first-order valence-electron chi connectivity index (χ1n) is 11.9. The van der Waals surface area contributed by atoms with Gasteiger partial charge in [-0.3, -0.25) is 9.59 Å². The van der Waals surface area contributed by atoms with E-state index < -0.39 is 0 Å². The molecule has 0 aliphatic heterocycles. The lowest BCUT2D eigenvalue weighted by molar-refractivity contribution is -0.136. The van der Waals surface area contributed by atoms with Crippen LogP contribution in [0.1, 0.15) is 51.7 Å². The lowest BCUT2D eigenvalue weighted by Crippen LogP contribution is -2.40. The highest BCUT2D eigenvalue weighted by Crippen LogP contribution is 2.27. The summed E-state index contributed by atoms with van der Waals surface area (Å²) in [6.45, 7) is 12.8. The SMILES string of the molecule is CCCN(CC(=O)Nc1cc(-c2ccccc2)nn1-c1ccc(C)cc1C)C(=O)CC(C)(C)C. The van der Waals surface area contributed by atoms with Gasteiger partial charge in [0.15, 0.2) is 0 Å². The highest BCUT2D eigenvalue weighted by Gasteiger charge is 2.23. The maximum Gasteiger partial charge on any atom is 0.245 e. The molecule has 34 heavy (non-hydrogen) atoms. The molecule has 0 atom stereocenters. The largest absolute Gasteiger partial charge is 0.333 e. The van der Waals surface area contributed by atoms with Gasteiger partial charge in [-0.1, -0.05) is 75.7 Å². The van der Waals surface area contributed by atoms with Crippen molar-refractivity contribution in [2.75, 3.05) is 18.4 Å². The van der Waals surface area contributed by atoms with E-state index in [0.717, 1.165) is 34.5 Å². The molecule has 0 spiro atoms. The van der Waals surface area contributed by atoms with Crippen LogP contribution in [0.3, 0.4) is 0 Å². The minimum Gasteiger partial charge on any atom is -0.333 e. The summed E-state index contributed by atoms with van der Waals surface area (Å²) in [6.07, 6.45) is 1.20. The molecule has 0 aliphatic rings. The summed E-state index contributed by atoms with van der Waals surface area (Å²) in [5.41, 5.74) is 4.73. The van der Waals surface area contributed by atoms with E-state index in [0.29, 0.717) is 18.8 Å². The van der Waals surface area contributed by atoms with Gasteiger partial charge in [-0.25, -0.2) is 4.68 Å². The summed E-state index contributed by atoms with van der Waals surface area (Å²) in [5.74, 6) is 0.342. The van der Waals surface area contributed by atoms with Crippen molar-refractivity contribution in [2.24, 2.45) is 5.41 Å². The van der Waals surface area contributed by atoms with Crippen molar-refractivity contribution < 1.29 is 9.59 Å². The van der Waals surface area contributed by atoms with Crippen molar-refractivity contribution in [3.63, 3.8) is 0 Å². The Morgan fingerprint density at radius 2 is 1.74 bits per heavy atom. The zero-order chi connectivity index (χ0) is 24.9. The Bertz CT molecular complexity index is 1140. The first-order valence-corrected chi connectivity index (χ1v) is 11.9. The number of hydrogen-bond acceptors (Lipinski definition) is 3. The number of nitrogens with one attached hydrogen (secondary N) is 1. The van der Waals surface area contributed by atoms with Crippen LogP contribution < -0.4 is 5.32 Å². The summed E-state index contributed by atoms with van der Waals surface area (Å²) in [7, 11) is 0. The Morgan fingerprint density at radius 1 is 1.03 bits per heavy atom. The van der Waals surface area contributed by atoms with Gasteiger partial charge >= 0.3 is 0 Å². The molecule has 2 amide bonds. The van der Waals surface area contributed by atoms with Crippen molar-refractivity contribution in [2.45, 2.75) is 54.4 Å². The van der Waals surface area contributed by atoms with Crippen LogP contribution in [-0.4, -0.2) is 39.6 Å². The number of carbonyl (C=O) groups excluding carboxylic acids is 2. The summed E-state index contributed by atoms with van der Waals surface area (Å²) in [6, 6.07) is 17.9. The van der Waals surface area contributed by atoms with Crippen molar-refractivity contribution in [3.8, 4) is 16.9 Å². The van der Waals surface area contributed by atoms with E-state index in [4.69, 9.17) is 5.10 Å². The molecule has 1 N–H and O–H groups in total. The molecule has 6 nitrogen and oxygen atoms in total.